The highest BCUT2D eigenvalue weighted by Crippen LogP contribution is 2.41. The lowest BCUT2D eigenvalue weighted by Crippen LogP contribution is -2.39. The quantitative estimate of drug-likeness (QED) is 0.609. The Bertz CT molecular complexity index is 1110. The number of H-pyrrole nitrogens is 1. The summed E-state index contributed by atoms with van der Waals surface area (Å²) in [6.45, 7) is 0.402. The van der Waals surface area contributed by atoms with E-state index in [0.717, 1.165) is 10.5 Å². The van der Waals surface area contributed by atoms with Gasteiger partial charge in [-0.15, -0.1) is 0 Å². The molecule has 0 spiro atoms. The predicted molar refractivity (Wildman–Crippen MR) is 114 cm³/mol. The highest BCUT2D eigenvalue weighted by molar-refractivity contribution is 6.00. The number of imide groups is 1. The van der Waals surface area contributed by atoms with Crippen LogP contribution < -0.4 is 11.1 Å². The fourth-order valence-corrected chi connectivity index (χ4v) is 4.24. The van der Waals surface area contributed by atoms with Crippen molar-refractivity contribution >= 4 is 18.0 Å². The van der Waals surface area contributed by atoms with E-state index in [9.17, 15) is 19.2 Å². The van der Waals surface area contributed by atoms with E-state index in [2.05, 4.69) is 20.0 Å². The average Bonchev–Trinajstić information content (AvgIpc) is 3.50. The molecule has 3 heterocycles. The third-order valence-electron chi connectivity index (χ3n) is 5.86. The first kappa shape index (κ1) is 22.3. The van der Waals surface area contributed by atoms with Gasteiger partial charge in [-0.05, 0) is 18.4 Å². The molecular weight excluding hydrogens is 430 g/mol. The summed E-state index contributed by atoms with van der Waals surface area (Å²) in [5, 5.41) is 6.12. The van der Waals surface area contributed by atoms with E-state index >= 15 is 0 Å². The molecule has 4 amide bonds. The molecular formula is C22H25N5O6. The van der Waals surface area contributed by atoms with Crippen LogP contribution in [0.25, 0.3) is 0 Å². The van der Waals surface area contributed by atoms with Gasteiger partial charge in [0.1, 0.15) is 6.61 Å². The van der Waals surface area contributed by atoms with Gasteiger partial charge in [0, 0.05) is 38.0 Å². The molecule has 174 valence electrons. The number of aryl methyl sites for hydroxylation is 1. The molecule has 2 atom stereocenters. The van der Waals surface area contributed by atoms with Gasteiger partial charge < -0.3 is 10.1 Å². The van der Waals surface area contributed by atoms with Crippen molar-refractivity contribution in [3.05, 3.63) is 64.2 Å². The first-order valence-corrected chi connectivity index (χ1v) is 10.8. The second-order valence-electron chi connectivity index (χ2n) is 7.98. The third-order valence-corrected chi connectivity index (χ3v) is 5.86. The van der Waals surface area contributed by atoms with Crippen molar-refractivity contribution in [2.75, 3.05) is 13.6 Å². The second-order valence-corrected chi connectivity index (χ2v) is 7.98. The maximum atomic E-state index is 13.0. The minimum Gasteiger partial charge on any atom is -0.444 e. The first-order chi connectivity index (χ1) is 16.0. The molecule has 11 heteroatoms. The average molecular weight is 455 g/mol. The van der Waals surface area contributed by atoms with Crippen molar-refractivity contribution in [2.24, 2.45) is 11.8 Å². The van der Waals surface area contributed by atoms with Crippen molar-refractivity contribution in [3.63, 3.8) is 0 Å². The number of carbonyl (C=O) groups is 3. The van der Waals surface area contributed by atoms with Crippen LogP contribution in [0.3, 0.4) is 0 Å². The maximum absolute atomic E-state index is 13.0. The summed E-state index contributed by atoms with van der Waals surface area (Å²) in [6.07, 6.45) is 3.40. The number of likely N-dealkylation sites (tertiary alicyclic amines) is 1. The number of nitrogens with zero attached hydrogens (tertiary/aromatic N) is 3. The number of aromatic nitrogens is 2. The summed E-state index contributed by atoms with van der Waals surface area (Å²) in [5.41, 5.74) is 1.37. The molecule has 1 aromatic heterocycles. The Morgan fingerprint density at radius 2 is 2.03 bits per heavy atom. The normalized spacial score (nSPS) is 19.4. The number of unbranched alkanes of at least 4 members (excludes halogenated alkanes) is 1. The predicted octanol–water partition coefficient (Wildman–Crippen LogP) is 1.98. The van der Waals surface area contributed by atoms with Crippen molar-refractivity contribution in [1.82, 2.24) is 25.3 Å². The smallest absolute Gasteiger partial charge is 0.438 e. The second kappa shape index (κ2) is 9.72. The van der Waals surface area contributed by atoms with E-state index in [1.165, 1.54) is 18.1 Å². The summed E-state index contributed by atoms with van der Waals surface area (Å²) in [4.78, 5) is 54.0. The van der Waals surface area contributed by atoms with Crippen LogP contribution in [0.2, 0.25) is 0 Å². The Hall–Kier alpha value is -3.89. The van der Waals surface area contributed by atoms with E-state index < -0.39 is 23.8 Å². The number of amides is 4. The van der Waals surface area contributed by atoms with Crippen molar-refractivity contribution in [3.8, 4) is 0 Å². The number of carbonyl (C=O) groups excluding carboxylic acids is 3. The van der Waals surface area contributed by atoms with Gasteiger partial charge in [-0.1, -0.05) is 41.9 Å². The summed E-state index contributed by atoms with van der Waals surface area (Å²) in [6, 6.07) is 8.81. The molecule has 33 heavy (non-hydrogen) atoms. The number of urea groups is 1. The van der Waals surface area contributed by atoms with Gasteiger partial charge in [0.2, 0.25) is 5.91 Å². The van der Waals surface area contributed by atoms with E-state index in [1.807, 2.05) is 30.3 Å². The van der Waals surface area contributed by atoms with Crippen LogP contribution in [0.5, 0.6) is 0 Å². The number of benzene rings is 1. The lowest BCUT2D eigenvalue weighted by Gasteiger charge is -2.19. The summed E-state index contributed by atoms with van der Waals surface area (Å²) in [5.74, 6) is -1.14. The summed E-state index contributed by atoms with van der Waals surface area (Å²) >= 11 is 0. The molecule has 0 bridgehead atoms. The third kappa shape index (κ3) is 4.81. The van der Waals surface area contributed by atoms with Crippen LogP contribution in [0.1, 0.15) is 30.7 Å². The zero-order valence-corrected chi connectivity index (χ0v) is 18.2. The van der Waals surface area contributed by atoms with Crippen LogP contribution >= 0.6 is 0 Å². The molecule has 0 radical (unpaired) electrons. The Kier molecular flexibility index (Phi) is 6.57. The van der Waals surface area contributed by atoms with E-state index in [4.69, 9.17) is 4.74 Å². The minimum atomic E-state index is -0.600. The summed E-state index contributed by atoms with van der Waals surface area (Å²) < 4.78 is 9.89. The molecule has 1 aromatic carbocycles. The molecule has 2 aliphatic heterocycles. The molecule has 1 saturated heterocycles. The van der Waals surface area contributed by atoms with Crippen LogP contribution in [0, 0.1) is 11.8 Å². The highest BCUT2D eigenvalue weighted by Gasteiger charge is 2.50. The van der Waals surface area contributed by atoms with Gasteiger partial charge in [0.05, 0.1) is 5.70 Å². The number of rotatable bonds is 7. The van der Waals surface area contributed by atoms with Gasteiger partial charge in [0.25, 0.3) is 0 Å². The van der Waals surface area contributed by atoms with E-state index in [0.29, 0.717) is 37.2 Å². The molecule has 11 nitrogen and oxygen atoms in total. The molecule has 0 unspecified atom stereocenters. The minimum absolute atomic E-state index is 0.135. The number of ether oxygens (including phenoxy) is 1. The van der Waals surface area contributed by atoms with E-state index in [1.54, 1.807) is 0 Å². The van der Waals surface area contributed by atoms with Crippen LogP contribution in [-0.4, -0.2) is 51.6 Å². The Morgan fingerprint density at radius 1 is 1.24 bits per heavy atom. The topological polar surface area (TPSA) is 138 Å². The molecule has 2 aliphatic rings. The number of nitrogens with one attached hydrogen (secondary N) is 2. The van der Waals surface area contributed by atoms with Gasteiger partial charge in [-0.25, -0.2) is 19.3 Å². The number of hydrogen-bond donors (Lipinski definition) is 2. The Balaban J connectivity index is 1.39. The Morgan fingerprint density at radius 3 is 2.73 bits per heavy atom. The fourth-order valence-electron chi connectivity index (χ4n) is 4.24. The number of hydrogen-bond acceptors (Lipinski definition) is 7. The van der Waals surface area contributed by atoms with Gasteiger partial charge >= 0.3 is 17.9 Å². The molecule has 0 aliphatic carbocycles. The molecule has 2 aromatic rings. The Labute approximate surface area is 189 Å². The first-order valence-electron chi connectivity index (χ1n) is 10.8. The lowest BCUT2D eigenvalue weighted by molar-refractivity contribution is -0.128. The van der Waals surface area contributed by atoms with Crippen LogP contribution in [0.15, 0.2) is 51.5 Å². The van der Waals surface area contributed by atoms with Gasteiger partial charge in [0.15, 0.2) is 5.82 Å². The van der Waals surface area contributed by atoms with E-state index in [-0.39, 0.29) is 25.0 Å². The van der Waals surface area contributed by atoms with Gasteiger partial charge in [-0.2, -0.15) is 0 Å². The number of aromatic amines is 1. The number of fused-ring (bicyclic) bond motifs is 1. The van der Waals surface area contributed by atoms with Crippen LogP contribution in [0.4, 0.5) is 9.59 Å². The largest absolute Gasteiger partial charge is 0.444 e. The zero-order chi connectivity index (χ0) is 23.4. The SMILES string of the molecule is CNC(=O)N1C(=O)[C@H](CCCCc2noc(=O)[nH]2)[C@H]2CN(C(=O)OCc3ccccc3)C=C21. The lowest BCUT2D eigenvalue weighted by atomic mass is 9.89. The molecule has 1 fully saturated rings. The highest BCUT2D eigenvalue weighted by atomic mass is 16.6. The molecule has 0 saturated carbocycles. The van der Waals surface area contributed by atoms with Crippen molar-refractivity contribution < 1.29 is 23.6 Å². The summed E-state index contributed by atoms with van der Waals surface area (Å²) in [7, 11) is 1.46. The van der Waals surface area contributed by atoms with Crippen LogP contribution in [-0.2, 0) is 22.6 Å². The fraction of sp³-hybridized carbons (Fsp3) is 0.409. The van der Waals surface area contributed by atoms with Gasteiger partial charge in [-0.3, -0.25) is 19.2 Å². The van der Waals surface area contributed by atoms with Crippen molar-refractivity contribution in [2.45, 2.75) is 32.3 Å². The maximum Gasteiger partial charge on any atom is 0.438 e. The molecule has 4 rings (SSSR count). The van der Waals surface area contributed by atoms with Crippen molar-refractivity contribution in [1.29, 1.82) is 0 Å². The standard InChI is InChI=1S/C22H25N5O6/c1-23-20(29)27-17-12-26(22(31)32-13-14-7-3-2-4-8-14)11-16(17)15(19(27)28)9-5-6-10-18-24-21(30)33-25-18/h2-4,7-8,12,15-16H,5-6,9-11,13H2,1H3,(H,23,29)(H,24,25,30)/t15-,16-/m1/s1. The molecule has 2 N–H and O–H groups in total. The zero-order valence-electron chi connectivity index (χ0n) is 18.2. The monoisotopic (exact) mass is 455 g/mol.